The van der Waals surface area contributed by atoms with Crippen molar-refractivity contribution in [2.75, 3.05) is 24.3 Å². The summed E-state index contributed by atoms with van der Waals surface area (Å²) in [6, 6.07) is 1.85. The lowest BCUT2D eigenvalue weighted by molar-refractivity contribution is 0.266. The summed E-state index contributed by atoms with van der Waals surface area (Å²) in [5.74, 6) is 2.29. The molecule has 5 nitrogen and oxygen atoms in total. The highest BCUT2D eigenvalue weighted by molar-refractivity contribution is 5.49. The summed E-state index contributed by atoms with van der Waals surface area (Å²) in [6.07, 6.45) is 2.00. The zero-order valence-corrected chi connectivity index (χ0v) is 9.04. The van der Waals surface area contributed by atoms with Crippen LogP contribution in [0.5, 0.6) is 0 Å². The molecule has 82 valence electrons. The van der Waals surface area contributed by atoms with Crippen LogP contribution in [0.4, 0.5) is 11.6 Å². The quantitative estimate of drug-likeness (QED) is 0.681. The molecule has 0 aromatic carbocycles. The van der Waals surface area contributed by atoms with Gasteiger partial charge in [-0.15, -0.1) is 0 Å². The Morgan fingerprint density at radius 2 is 2.07 bits per heavy atom. The van der Waals surface area contributed by atoms with Crippen molar-refractivity contribution in [1.82, 2.24) is 9.97 Å². The summed E-state index contributed by atoms with van der Waals surface area (Å²) in [5.41, 5.74) is -0.133. The van der Waals surface area contributed by atoms with Crippen molar-refractivity contribution < 1.29 is 5.11 Å². The van der Waals surface area contributed by atoms with Gasteiger partial charge < -0.3 is 15.7 Å². The Bertz CT molecular complexity index is 362. The van der Waals surface area contributed by atoms with E-state index in [0.29, 0.717) is 0 Å². The highest BCUT2D eigenvalue weighted by Gasteiger charge is 2.42. The first-order valence-corrected chi connectivity index (χ1v) is 5.10. The molecule has 1 fully saturated rings. The molecule has 15 heavy (non-hydrogen) atoms. The number of aliphatic hydroxyl groups is 1. The summed E-state index contributed by atoms with van der Waals surface area (Å²) < 4.78 is 0. The SMILES string of the molecule is CNc1cc(NC2(CO)CC2)nc(C)n1. The maximum atomic E-state index is 9.19. The third-order valence-electron chi connectivity index (χ3n) is 2.64. The molecule has 0 aliphatic heterocycles. The Balaban J connectivity index is 2.17. The lowest BCUT2D eigenvalue weighted by atomic mass is 10.3. The first kappa shape index (κ1) is 10.2. The molecule has 0 atom stereocenters. The van der Waals surface area contributed by atoms with Crippen LogP contribution in [0, 0.1) is 6.92 Å². The molecule has 0 saturated heterocycles. The monoisotopic (exact) mass is 208 g/mol. The molecule has 1 saturated carbocycles. The van der Waals surface area contributed by atoms with Crippen molar-refractivity contribution in [3.63, 3.8) is 0 Å². The lowest BCUT2D eigenvalue weighted by Gasteiger charge is -2.15. The molecule has 1 aromatic heterocycles. The number of aromatic nitrogens is 2. The van der Waals surface area contributed by atoms with E-state index in [1.54, 1.807) is 0 Å². The molecular weight excluding hydrogens is 192 g/mol. The van der Waals surface area contributed by atoms with Crippen molar-refractivity contribution in [3.05, 3.63) is 11.9 Å². The van der Waals surface area contributed by atoms with Crippen molar-refractivity contribution >= 4 is 11.6 Å². The van der Waals surface area contributed by atoms with Crippen LogP contribution in [-0.4, -0.2) is 34.3 Å². The number of aryl methyl sites for hydroxylation is 1. The van der Waals surface area contributed by atoms with E-state index >= 15 is 0 Å². The van der Waals surface area contributed by atoms with E-state index < -0.39 is 0 Å². The summed E-state index contributed by atoms with van der Waals surface area (Å²) >= 11 is 0. The molecule has 1 heterocycles. The van der Waals surface area contributed by atoms with Crippen molar-refractivity contribution in [1.29, 1.82) is 0 Å². The normalized spacial score (nSPS) is 17.3. The van der Waals surface area contributed by atoms with E-state index in [-0.39, 0.29) is 12.1 Å². The Hall–Kier alpha value is -1.36. The molecule has 1 aliphatic rings. The second-order valence-electron chi connectivity index (χ2n) is 4.00. The van der Waals surface area contributed by atoms with Crippen LogP contribution in [0.1, 0.15) is 18.7 Å². The molecule has 0 bridgehead atoms. The van der Waals surface area contributed by atoms with Gasteiger partial charge in [-0.25, -0.2) is 9.97 Å². The molecule has 5 heteroatoms. The topological polar surface area (TPSA) is 70.1 Å². The molecule has 0 unspecified atom stereocenters. The highest BCUT2D eigenvalue weighted by atomic mass is 16.3. The van der Waals surface area contributed by atoms with E-state index in [2.05, 4.69) is 20.6 Å². The fourth-order valence-corrected chi connectivity index (χ4v) is 1.51. The van der Waals surface area contributed by atoms with Gasteiger partial charge in [0, 0.05) is 13.1 Å². The van der Waals surface area contributed by atoms with Gasteiger partial charge in [0.15, 0.2) is 0 Å². The minimum atomic E-state index is -0.133. The van der Waals surface area contributed by atoms with E-state index in [4.69, 9.17) is 0 Å². The number of anilines is 2. The third kappa shape index (κ3) is 2.18. The molecule has 3 N–H and O–H groups in total. The number of hydrogen-bond acceptors (Lipinski definition) is 5. The first-order chi connectivity index (χ1) is 7.17. The minimum absolute atomic E-state index is 0.133. The summed E-state index contributed by atoms with van der Waals surface area (Å²) in [4.78, 5) is 8.49. The Labute approximate surface area is 88.9 Å². The Kier molecular flexibility index (Phi) is 2.48. The Morgan fingerprint density at radius 3 is 2.60 bits per heavy atom. The molecule has 1 aromatic rings. The fraction of sp³-hybridized carbons (Fsp3) is 0.600. The van der Waals surface area contributed by atoms with Crippen LogP contribution in [0.2, 0.25) is 0 Å². The number of rotatable bonds is 4. The predicted octanol–water partition coefficient (Wildman–Crippen LogP) is 0.764. The highest BCUT2D eigenvalue weighted by Crippen LogP contribution is 2.38. The second-order valence-corrected chi connectivity index (χ2v) is 4.00. The molecule has 2 rings (SSSR count). The van der Waals surface area contributed by atoms with Gasteiger partial charge in [-0.1, -0.05) is 0 Å². The lowest BCUT2D eigenvalue weighted by Crippen LogP contribution is -2.26. The Morgan fingerprint density at radius 1 is 1.40 bits per heavy atom. The van der Waals surface area contributed by atoms with Gasteiger partial charge in [-0.05, 0) is 19.8 Å². The van der Waals surface area contributed by atoms with E-state index in [1.165, 1.54) is 0 Å². The van der Waals surface area contributed by atoms with Gasteiger partial charge in [0.25, 0.3) is 0 Å². The van der Waals surface area contributed by atoms with Crippen LogP contribution in [0.15, 0.2) is 6.07 Å². The van der Waals surface area contributed by atoms with Gasteiger partial charge in [-0.2, -0.15) is 0 Å². The first-order valence-electron chi connectivity index (χ1n) is 5.10. The van der Waals surface area contributed by atoms with Crippen molar-refractivity contribution in [2.45, 2.75) is 25.3 Å². The average Bonchev–Trinajstić information content (AvgIpc) is 2.97. The van der Waals surface area contributed by atoms with Gasteiger partial charge in [0.05, 0.1) is 12.1 Å². The fourth-order valence-electron chi connectivity index (χ4n) is 1.51. The van der Waals surface area contributed by atoms with Gasteiger partial charge >= 0.3 is 0 Å². The van der Waals surface area contributed by atoms with Gasteiger partial charge in [-0.3, -0.25) is 0 Å². The van der Waals surface area contributed by atoms with E-state index in [1.807, 2.05) is 20.0 Å². The number of hydrogen-bond donors (Lipinski definition) is 3. The molecule has 0 radical (unpaired) electrons. The molecular formula is C10H16N4O. The molecule has 0 spiro atoms. The van der Waals surface area contributed by atoms with Crippen LogP contribution in [-0.2, 0) is 0 Å². The number of nitrogens with one attached hydrogen (secondary N) is 2. The zero-order valence-electron chi connectivity index (χ0n) is 9.04. The van der Waals surface area contributed by atoms with E-state index in [0.717, 1.165) is 30.3 Å². The van der Waals surface area contributed by atoms with Gasteiger partial charge in [0.1, 0.15) is 17.5 Å². The maximum absolute atomic E-state index is 9.19. The smallest absolute Gasteiger partial charge is 0.132 e. The average molecular weight is 208 g/mol. The van der Waals surface area contributed by atoms with E-state index in [9.17, 15) is 5.11 Å². The van der Waals surface area contributed by atoms with Crippen LogP contribution in [0.25, 0.3) is 0 Å². The maximum Gasteiger partial charge on any atom is 0.132 e. The molecule has 1 aliphatic carbocycles. The summed E-state index contributed by atoms with van der Waals surface area (Å²) in [7, 11) is 1.82. The summed E-state index contributed by atoms with van der Waals surface area (Å²) in [5, 5.41) is 15.4. The molecule has 0 amide bonds. The second kappa shape index (κ2) is 3.66. The number of nitrogens with zero attached hydrogens (tertiary/aromatic N) is 2. The van der Waals surface area contributed by atoms with Gasteiger partial charge in [0.2, 0.25) is 0 Å². The van der Waals surface area contributed by atoms with Crippen LogP contribution in [0.3, 0.4) is 0 Å². The van der Waals surface area contributed by atoms with Crippen molar-refractivity contribution in [3.8, 4) is 0 Å². The number of aliphatic hydroxyl groups excluding tert-OH is 1. The van der Waals surface area contributed by atoms with Crippen molar-refractivity contribution in [2.24, 2.45) is 0 Å². The largest absolute Gasteiger partial charge is 0.394 e. The third-order valence-corrected chi connectivity index (χ3v) is 2.64. The predicted molar refractivity (Wildman–Crippen MR) is 59.0 cm³/mol. The van der Waals surface area contributed by atoms with Crippen LogP contribution < -0.4 is 10.6 Å². The zero-order chi connectivity index (χ0) is 10.9. The van der Waals surface area contributed by atoms with Crippen LogP contribution >= 0.6 is 0 Å². The minimum Gasteiger partial charge on any atom is -0.394 e. The standard InChI is InChI=1S/C10H16N4O/c1-7-12-8(11-2)5-9(13-7)14-10(6-15)3-4-10/h5,15H,3-4,6H2,1-2H3,(H2,11,12,13,14). The summed E-state index contributed by atoms with van der Waals surface area (Å²) in [6.45, 7) is 2.01.